The third kappa shape index (κ3) is 2.03. The molecular formula is C13H17NO2. The van der Waals surface area contributed by atoms with E-state index in [0.717, 1.165) is 18.4 Å². The van der Waals surface area contributed by atoms with E-state index in [4.69, 9.17) is 4.74 Å². The van der Waals surface area contributed by atoms with Crippen LogP contribution < -0.4 is 5.32 Å². The van der Waals surface area contributed by atoms with Crippen molar-refractivity contribution in [1.82, 2.24) is 5.32 Å². The monoisotopic (exact) mass is 219 g/mol. The van der Waals surface area contributed by atoms with Crippen LogP contribution in [0.25, 0.3) is 0 Å². The minimum Gasteiger partial charge on any atom is -0.436 e. The first-order valence-electron chi connectivity index (χ1n) is 5.70. The van der Waals surface area contributed by atoms with Gasteiger partial charge in [0.1, 0.15) is 0 Å². The first kappa shape index (κ1) is 11.0. The van der Waals surface area contributed by atoms with Crippen LogP contribution in [0.4, 0.5) is 4.79 Å². The van der Waals surface area contributed by atoms with Gasteiger partial charge in [0.2, 0.25) is 0 Å². The van der Waals surface area contributed by atoms with Gasteiger partial charge >= 0.3 is 6.09 Å². The van der Waals surface area contributed by atoms with Crippen molar-refractivity contribution in [1.29, 1.82) is 0 Å². The molecule has 1 aromatic rings. The Morgan fingerprint density at radius 3 is 2.56 bits per heavy atom. The highest BCUT2D eigenvalue weighted by molar-refractivity contribution is 5.70. The molecule has 0 spiro atoms. The molecule has 16 heavy (non-hydrogen) atoms. The maximum Gasteiger partial charge on any atom is 0.408 e. The second-order valence-corrected chi connectivity index (χ2v) is 4.42. The summed E-state index contributed by atoms with van der Waals surface area (Å²) in [5.74, 6) is 0. The smallest absolute Gasteiger partial charge is 0.408 e. The van der Waals surface area contributed by atoms with Crippen molar-refractivity contribution in [2.24, 2.45) is 0 Å². The Morgan fingerprint density at radius 1 is 1.38 bits per heavy atom. The maximum atomic E-state index is 11.1. The Bertz CT molecular complexity index is 385. The number of hydrogen-bond acceptors (Lipinski definition) is 2. The fraction of sp³-hybridized carbons (Fsp3) is 0.462. The lowest BCUT2D eigenvalue weighted by Gasteiger charge is -2.21. The summed E-state index contributed by atoms with van der Waals surface area (Å²) in [6, 6.07) is 8.31. The van der Waals surface area contributed by atoms with Gasteiger partial charge in [-0.2, -0.15) is 0 Å². The number of alkyl carbamates (subject to hydrolysis) is 1. The molecule has 1 heterocycles. The second kappa shape index (κ2) is 4.16. The van der Waals surface area contributed by atoms with Gasteiger partial charge in [0.05, 0.1) is 6.54 Å². The van der Waals surface area contributed by atoms with Crippen LogP contribution in [0.15, 0.2) is 24.3 Å². The summed E-state index contributed by atoms with van der Waals surface area (Å²) in [5, 5.41) is 2.69. The number of amides is 1. The van der Waals surface area contributed by atoms with Gasteiger partial charge in [-0.25, -0.2) is 4.79 Å². The summed E-state index contributed by atoms with van der Waals surface area (Å²) in [7, 11) is 0. The van der Waals surface area contributed by atoms with Gasteiger partial charge in [0, 0.05) is 0 Å². The van der Waals surface area contributed by atoms with Gasteiger partial charge in [-0.15, -0.1) is 0 Å². The molecule has 0 saturated carbocycles. The number of aryl methyl sites for hydroxylation is 1. The summed E-state index contributed by atoms with van der Waals surface area (Å²) >= 11 is 0. The molecule has 0 aromatic heterocycles. The molecule has 1 atom stereocenters. The van der Waals surface area contributed by atoms with Crippen LogP contribution in [-0.2, 0) is 16.8 Å². The van der Waals surface area contributed by atoms with Crippen molar-refractivity contribution < 1.29 is 9.53 Å². The average molecular weight is 219 g/mol. The zero-order valence-electron chi connectivity index (χ0n) is 9.75. The first-order valence-corrected chi connectivity index (χ1v) is 5.70. The molecule has 3 heteroatoms. The number of carbonyl (C=O) groups excluding carboxylic acids is 1. The lowest BCUT2D eigenvalue weighted by molar-refractivity contribution is 0.0704. The fourth-order valence-corrected chi connectivity index (χ4v) is 1.99. The Morgan fingerprint density at radius 2 is 2.06 bits per heavy atom. The van der Waals surface area contributed by atoms with E-state index in [1.165, 1.54) is 5.56 Å². The van der Waals surface area contributed by atoms with E-state index in [9.17, 15) is 4.79 Å². The fourth-order valence-electron chi connectivity index (χ4n) is 1.99. The standard InChI is InChI=1S/C13H17NO2/c1-3-4-10-5-7-11(8-6-10)13(2)9-14-12(15)16-13/h5-8H,3-4,9H2,1-2H3,(H,14,15). The summed E-state index contributed by atoms with van der Waals surface area (Å²) in [6.45, 7) is 4.64. The Kier molecular flexibility index (Phi) is 2.86. The molecule has 0 aliphatic carbocycles. The van der Waals surface area contributed by atoms with Crippen LogP contribution in [0.1, 0.15) is 31.4 Å². The Hall–Kier alpha value is -1.51. The highest BCUT2D eigenvalue weighted by Gasteiger charge is 2.37. The van der Waals surface area contributed by atoms with Gasteiger partial charge in [-0.1, -0.05) is 37.6 Å². The Balaban J connectivity index is 2.18. The molecule has 1 unspecified atom stereocenters. The van der Waals surface area contributed by atoms with Gasteiger partial charge < -0.3 is 10.1 Å². The number of hydrogen-bond donors (Lipinski definition) is 1. The van der Waals surface area contributed by atoms with Gasteiger partial charge in [0.25, 0.3) is 0 Å². The quantitative estimate of drug-likeness (QED) is 0.848. The third-order valence-electron chi connectivity index (χ3n) is 2.99. The van der Waals surface area contributed by atoms with Crippen molar-refractivity contribution in [2.75, 3.05) is 6.54 Å². The van der Waals surface area contributed by atoms with E-state index in [2.05, 4.69) is 24.4 Å². The van der Waals surface area contributed by atoms with E-state index >= 15 is 0 Å². The van der Waals surface area contributed by atoms with E-state index in [-0.39, 0.29) is 6.09 Å². The zero-order valence-corrected chi connectivity index (χ0v) is 9.75. The normalized spacial score (nSPS) is 24.0. The van der Waals surface area contributed by atoms with Crippen molar-refractivity contribution in [3.8, 4) is 0 Å². The number of ether oxygens (including phenoxy) is 1. The van der Waals surface area contributed by atoms with Crippen LogP contribution in [0.5, 0.6) is 0 Å². The van der Waals surface area contributed by atoms with E-state index in [1.54, 1.807) is 0 Å². The molecule has 0 bridgehead atoms. The van der Waals surface area contributed by atoms with Gasteiger partial charge in [0.15, 0.2) is 5.60 Å². The average Bonchev–Trinajstić information content (AvgIpc) is 2.61. The first-order chi connectivity index (χ1) is 7.64. The highest BCUT2D eigenvalue weighted by atomic mass is 16.6. The van der Waals surface area contributed by atoms with E-state index in [0.29, 0.717) is 6.54 Å². The molecule has 1 saturated heterocycles. The number of cyclic esters (lactones) is 1. The van der Waals surface area contributed by atoms with Gasteiger partial charge in [-0.05, 0) is 24.5 Å². The predicted molar refractivity (Wildman–Crippen MR) is 62.3 cm³/mol. The summed E-state index contributed by atoms with van der Waals surface area (Å²) in [5.41, 5.74) is 1.86. The minimum atomic E-state index is -0.512. The van der Waals surface area contributed by atoms with E-state index < -0.39 is 5.60 Å². The molecule has 1 aliphatic heterocycles. The van der Waals surface area contributed by atoms with Crippen molar-refractivity contribution in [3.63, 3.8) is 0 Å². The van der Waals surface area contributed by atoms with Crippen molar-refractivity contribution in [2.45, 2.75) is 32.3 Å². The molecule has 1 N–H and O–H groups in total. The second-order valence-electron chi connectivity index (χ2n) is 4.42. The molecule has 1 fully saturated rings. The van der Waals surface area contributed by atoms with E-state index in [1.807, 2.05) is 19.1 Å². The van der Waals surface area contributed by atoms with Crippen LogP contribution in [-0.4, -0.2) is 12.6 Å². The van der Waals surface area contributed by atoms with Gasteiger partial charge in [-0.3, -0.25) is 0 Å². The number of nitrogens with one attached hydrogen (secondary N) is 1. The van der Waals surface area contributed by atoms with Crippen LogP contribution >= 0.6 is 0 Å². The zero-order chi connectivity index (χ0) is 11.6. The van der Waals surface area contributed by atoms with Crippen LogP contribution in [0.2, 0.25) is 0 Å². The lowest BCUT2D eigenvalue weighted by Crippen LogP contribution is -2.26. The van der Waals surface area contributed by atoms with Crippen LogP contribution in [0.3, 0.4) is 0 Å². The lowest BCUT2D eigenvalue weighted by atomic mass is 9.95. The number of rotatable bonds is 3. The summed E-state index contributed by atoms with van der Waals surface area (Å²) in [6.07, 6.45) is 1.91. The van der Waals surface area contributed by atoms with Crippen molar-refractivity contribution in [3.05, 3.63) is 35.4 Å². The molecule has 1 amide bonds. The predicted octanol–water partition coefficient (Wildman–Crippen LogP) is 2.59. The molecular weight excluding hydrogens is 202 g/mol. The molecule has 3 nitrogen and oxygen atoms in total. The largest absolute Gasteiger partial charge is 0.436 e. The highest BCUT2D eigenvalue weighted by Crippen LogP contribution is 2.28. The summed E-state index contributed by atoms with van der Waals surface area (Å²) in [4.78, 5) is 11.1. The maximum absolute atomic E-state index is 11.1. The molecule has 86 valence electrons. The topological polar surface area (TPSA) is 38.3 Å². The molecule has 1 aromatic carbocycles. The third-order valence-corrected chi connectivity index (χ3v) is 2.99. The van der Waals surface area contributed by atoms with Crippen molar-refractivity contribution >= 4 is 6.09 Å². The molecule has 1 aliphatic rings. The minimum absolute atomic E-state index is 0.333. The van der Waals surface area contributed by atoms with Crippen LogP contribution in [0, 0.1) is 0 Å². The number of benzene rings is 1. The Labute approximate surface area is 95.8 Å². The molecule has 0 radical (unpaired) electrons. The summed E-state index contributed by atoms with van der Waals surface area (Å²) < 4.78 is 5.28. The molecule has 2 rings (SSSR count). The SMILES string of the molecule is CCCc1ccc(C2(C)CNC(=O)O2)cc1. The number of carbonyl (C=O) groups is 1.